The van der Waals surface area contributed by atoms with Gasteiger partial charge in [-0.3, -0.25) is 0 Å². The second kappa shape index (κ2) is 6.66. The molecule has 0 aromatic carbocycles. The Morgan fingerprint density at radius 3 is 1.30 bits per heavy atom. The molecule has 0 aromatic heterocycles. The van der Waals surface area contributed by atoms with Crippen LogP contribution in [-0.4, -0.2) is 18.6 Å². The van der Waals surface area contributed by atoms with E-state index in [0.717, 1.165) is 0 Å². The molecule has 0 spiro atoms. The van der Waals surface area contributed by atoms with Gasteiger partial charge in [0.05, 0.1) is 0 Å². The molecule has 10 heavy (non-hydrogen) atoms. The monoisotopic (exact) mass is 217 g/mol. The predicted molar refractivity (Wildman–Crippen MR) is 21.8 cm³/mol. The minimum absolute atomic E-state index is 0. The fourth-order valence-corrected chi connectivity index (χ4v) is 0. The first kappa shape index (κ1) is 16.3. The Balaban J connectivity index is -0.0000000910. The van der Waals surface area contributed by atoms with Crippen molar-refractivity contribution in [1.82, 2.24) is 0 Å². The van der Waals surface area contributed by atoms with Gasteiger partial charge in [-0.15, -0.1) is 22.5 Å². The molecule has 0 fully saturated rings. The van der Waals surface area contributed by atoms with Gasteiger partial charge < -0.3 is 5.21 Å². The Hall–Kier alpha value is -0.458. The minimum atomic E-state index is -5.25. The Morgan fingerprint density at radius 2 is 1.30 bits per heavy atom. The van der Waals surface area contributed by atoms with Gasteiger partial charge in [-0.05, 0) is 0 Å². The van der Waals surface area contributed by atoms with Crippen molar-refractivity contribution in [3.63, 3.8) is 0 Å². The van der Waals surface area contributed by atoms with Crippen molar-refractivity contribution < 1.29 is 39.8 Å². The van der Waals surface area contributed by atoms with Crippen molar-refractivity contribution in [2.24, 2.45) is 0 Å². The molecule has 0 aliphatic heterocycles. The van der Waals surface area contributed by atoms with E-state index in [0.29, 0.717) is 0 Å². The van der Waals surface area contributed by atoms with E-state index in [1.165, 1.54) is 0 Å². The van der Waals surface area contributed by atoms with Crippen LogP contribution in [0.4, 0.5) is 0 Å². The average Bonchev–Trinajstić information content (AvgIpc) is 1.19. The zero-order valence-corrected chi connectivity index (χ0v) is 6.33. The van der Waals surface area contributed by atoms with Crippen LogP contribution in [0.3, 0.4) is 0 Å². The van der Waals surface area contributed by atoms with Crippen molar-refractivity contribution in [3.05, 3.63) is 10.1 Å². The van der Waals surface area contributed by atoms with Crippen LogP contribution in [0.5, 0.6) is 0 Å². The van der Waals surface area contributed by atoms with Crippen LogP contribution < -0.4 is 0 Å². The van der Waals surface area contributed by atoms with Gasteiger partial charge in [0.2, 0.25) is 0 Å². The van der Waals surface area contributed by atoms with Gasteiger partial charge in [0.1, 0.15) is 0 Å². The molecular weight excluding hydrogens is 213 g/mol. The summed E-state index contributed by atoms with van der Waals surface area (Å²) in [7, 11) is 0. The second-order valence-electron chi connectivity index (χ2n) is 0.686. The van der Waals surface area contributed by atoms with Crippen LogP contribution >= 0.6 is 12.4 Å². The number of hydrogen-bond donors (Lipinski definition) is 3. The third-order valence-electron chi connectivity index (χ3n) is 0. The Kier molecular flexibility index (Phi) is 10.8. The summed E-state index contributed by atoms with van der Waals surface area (Å²) in [4.78, 5) is 8.36. The summed E-state index contributed by atoms with van der Waals surface area (Å²) in [6.07, 6.45) is 0. The number of hydrogen-bond acceptors (Lipinski definition) is 4. The average molecular weight is 217 g/mol. The van der Waals surface area contributed by atoms with E-state index in [1.54, 1.807) is 0 Å². The van der Waals surface area contributed by atoms with Gasteiger partial charge in [0, 0.05) is 0 Å². The van der Waals surface area contributed by atoms with Gasteiger partial charge in [0.25, 0.3) is 5.09 Å². The van der Waals surface area contributed by atoms with Gasteiger partial charge >= 0.3 is 29.5 Å². The van der Waals surface area contributed by atoms with E-state index < -0.39 is 18.7 Å². The first-order valence-corrected chi connectivity index (χ1v) is 3.45. The molecule has 0 heterocycles. The standard InChI is InChI=1S/ClH.Cr.HNO3.2H2O.2O/c;;2-1(3)4;;;;/h1H;;(H,2,3,4);2*1H2;;/q;+2;;;;;/p-2. The van der Waals surface area contributed by atoms with Crippen molar-refractivity contribution in [2.75, 3.05) is 0 Å². The summed E-state index contributed by atoms with van der Waals surface area (Å²) in [6, 6.07) is 0. The molecule has 10 heteroatoms. The molecule has 8 nitrogen and oxygen atoms in total. The van der Waals surface area contributed by atoms with E-state index in [-0.39, 0.29) is 12.4 Å². The third kappa shape index (κ3) is 1540. The van der Waals surface area contributed by atoms with Crippen LogP contribution in [0.15, 0.2) is 0 Å². The van der Waals surface area contributed by atoms with E-state index in [4.69, 9.17) is 31.2 Å². The molecule has 0 rings (SSSR count). The number of rotatable bonds is 0. The summed E-state index contributed by atoms with van der Waals surface area (Å²) < 4.78 is 31.9. The Bertz CT molecular complexity index is 156. The van der Waals surface area contributed by atoms with Crippen molar-refractivity contribution in [2.45, 2.75) is 0 Å². The van der Waals surface area contributed by atoms with Crippen molar-refractivity contribution in [1.29, 1.82) is 0 Å². The summed E-state index contributed by atoms with van der Waals surface area (Å²) in [5, 5.41) is 13.6. The molecule has 3 N–H and O–H groups in total. The molecule has 0 aromatic rings. The molecule has 0 aliphatic carbocycles. The van der Waals surface area contributed by atoms with Crippen molar-refractivity contribution in [3.8, 4) is 0 Å². The van der Waals surface area contributed by atoms with E-state index >= 15 is 0 Å². The van der Waals surface area contributed by atoms with Gasteiger partial charge in [-0.2, -0.15) is 0 Å². The quantitative estimate of drug-likeness (QED) is 0.339. The third-order valence-corrected chi connectivity index (χ3v) is 0. The zero-order valence-electron chi connectivity index (χ0n) is 4.24. The molecule has 0 amide bonds. The Morgan fingerprint density at radius 1 is 1.30 bits per heavy atom. The molecule has 0 unspecified atom stereocenters. The molecule has 0 saturated heterocycles. The molecule has 64 valence electrons. The van der Waals surface area contributed by atoms with Crippen molar-refractivity contribution >= 4 is 12.4 Å². The SMILES string of the molecule is Cl.O=[N+]([O-])O.[O]=[Cr](=[O])([OH])[OH]. The van der Waals surface area contributed by atoms with Crippen LogP contribution in [0.2, 0.25) is 0 Å². The Labute approximate surface area is 63.0 Å². The molecular formula is H4ClCrNO7. The normalized spacial score (nSPS) is 8.20. The number of halogens is 1. The maximum absolute atomic E-state index is 8.82. The second-order valence-corrected chi connectivity index (χ2v) is 2.08. The molecule has 0 atom stereocenters. The van der Waals surface area contributed by atoms with Crippen LogP contribution in [-0.2, 0) is 21.2 Å². The molecule has 0 bridgehead atoms. The van der Waals surface area contributed by atoms with E-state index in [1.807, 2.05) is 0 Å². The fourth-order valence-electron chi connectivity index (χ4n) is 0. The number of nitrogens with zero attached hydrogens (tertiary/aromatic N) is 1. The van der Waals surface area contributed by atoms with Crippen LogP contribution in [0.25, 0.3) is 0 Å². The summed E-state index contributed by atoms with van der Waals surface area (Å²) in [5.74, 6) is 0. The molecule has 0 radical (unpaired) electrons. The van der Waals surface area contributed by atoms with Crippen LogP contribution in [0, 0.1) is 10.1 Å². The first-order chi connectivity index (χ1) is 3.73. The van der Waals surface area contributed by atoms with Gasteiger partial charge in [-0.1, -0.05) is 0 Å². The summed E-state index contributed by atoms with van der Waals surface area (Å²) in [5.41, 5.74) is 0. The predicted octanol–water partition coefficient (Wildman–Crippen LogP) is -1.28. The van der Waals surface area contributed by atoms with E-state index in [2.05, 4.69) is 0 Å². The van der Waals surface area contributed by atoms with Gasteiger partial charge in [0.15, 0.2) is 0 Å². The maximum atomic E-state index is 8.82. The molecule has 0 aliphatic rings. The zero-order chi connectivity index (χ0) is 8.08. The topological polar surface area (TPSA) is 138 Å². The summed E-state index contributed by atoms with van der Waals surface area (Å²) in [6.45, 7) is 0. The molecule has 0 saturated carbocycles. The fraction of sp³-hybridized carbons (Fsp3) is 0. The first-order valence-electron chi connectivity index (χ1n) is 1.26. The van der Waals surface area contributed by atoms with Crippen LogP contribution in [0.1, 0.15) is 0 Å². The van der Waals surface area contributed by atoms with E-state index in [9.17, 15) is 0 Å². The van der Waals surface area contributed by atoms with Gasteiger partial charge in [-0.25, -0.2) is 0 Å². The summed E-state index contributed by atoms with van der Waals surface area (Å²) >= 11 is -5.25.